The Balaban J connectivity index is 1.91. The van der Waals surface area contributed by atoms with E-state index in [9.17, 15) is 4.79 Å². The summed E-state index contributed by atoms with van der Waals surface area (Å²) in [6.07, 6.45) is 2.14. The second-order valence-corrected chi connectivity index (χ2v) is 6.97. The predicted octanol–water partition coefficient (Wildman–Crippen LogP) is 5.74. The maximum atomic E-state index is 12.4. The zero-order valence-corrected chi connectivity index (χ0v) is 17.2. The van der Waals surface area contributed by atoms with Gasteiger partial charge in [0.15, 0.2) is 0 Å². The summed E-state index contributed by atoms with van der Waals surface area (Å²) in [4.78, 5) is 14.3. The molecule has 0 aliphatic heterocycles. The van der Waals surface area contributed by atoms with E-state index in [0.29, 0.717) is 6.54 Å². The molecule has 0 unspecified atom stereocenters. The van der Waals surface area contributed by atoms with E-state index >= 15 is 0 Å². The van der Waals surface area contributed by atoms with Gasteiger partial charge in [0, 0.05) is 13.5 Å². The Bertz CT molecular complexity index is 906. The molecule has 3 rings (SSSR count). The van der Waals surface area contributed by atoms with Crippen LogP contribution < -0.4 is 4.74 Å². The maximum Gasteiger partial charge on any atom is 0.220 e. The molecule has 0 bridgehead atoms. The average molecular weight is 386 g/mol. The van der Waals surface area contributed by atoms with Gasteiger partial charge >= 0.3 is 0 Å². The second-order valence-electron chi connectivity index (χ2n) is 6.97. The molecule has 0 N–H and O–H groups in total. The van der Waals surface area contributed by atoms with Gasteiger partial charge in [0.2, 0.25) is 5.91 Å². The van der Waals surface area contributed by atoms with Crippen LogP contribution in [-0.2, 0) is 4.79 Å². The first-order valence-corrected chi connectivity index (χ1v) is 9.82. The molecule has 148 valence electrons. The van der Waals surface area contributed by atoms with Crippen molar-refractivity contribution in [1.29, 1.82) is 0 Å². The summed E-state index contributed by atoms with van der Waals surface area (Å²) >= 11 is 0. The van der Waals surface area contributed by atoms with E-state index in [0.717, 1.165) is 28.0 Å². The molecule has 3 aromatic rings. The lowest BCUT2D eigenvalue weighted by Gasteiger charge is -2.28. The molecule has 3 nitrogen and oxygen atoms in total. The standard InChI is InChI=1S/C26H27NO2/c1-20(22-14-16-25(29-3)17-15-22)27(21(2)28)19-18-26(23-10-6-4-7-11-23)24-12-8-5-9-13-24/h4-18,20H,19H2,1-3H3/t20-/m1/s1. The minimum absolute atomic E-state index is 0.0394. The predicted molar refractivity (Wildman–Crippen MR) is 119 cm³/mol. The van der Waals surface area contributed by atoms with Gasteiger partial charge in [-0.3, -0.25) is 4.79 Å². The van der Waals surface area contributed by atoms with Crippen molar-refractivity contribution in [2.45, 2.75) is 19.9 Å². The van der Waals surface area contributed by atoms with Crippen molar-refractivity contribution in [2.24, 2.45) is 0 Å². The van der Waals surface area contributed by atoms with Crippen molar-refractivity contribution in [1.82, 2.24) is 4.90 Å². The number of hydrogen-bond acceptors (Lipinski definition) is 2. The van der Waals surface area contributed by atoms with Crippen molar-refractivity contribution >= 4 is 11.5 Å². The number of hydrogen-bond donors (Lipinski definition) is 0. The van der Waals surface area contributed by atoms with Crippen LogP contribution in [0, 0.1) is 0 Å². The largest absolute Gasteiger partial charge is 0.497 e. The molecule has 0 aliphatic carbocycles. The Morgan fingerprint density at radius 3 is 1.86 bits per heavy atom. The Kier molecular flexibility index (Phi) is 6.85. The van der Waals surface area contributed by atoms with E-state index in [4.69, 9.17) is 4.74 Å². The Morgan fingerprint density at radius 2 is 1.41 bits per heavy atom. The van der Waals surface area contributed by atoms with Gasteiger partial charge in [0.25, 0.3) is 0 Å². The highest BCUT2D eigenvalue weighted by Crippen LogP contribution is 2.26. The van der Waals surface area contributed by atoms with Crippen LogP contribution in [0.3, 0.4) is 0 Å². The average Bonchev–Trinajstić information content (AvgIpc) is 2.77. The number of carbonyl (C=O) groups excluding carboxylic acids is 1. The molecule has 1 atom stereocenters. The monoisotopic (exact) mass is 385 g/mol. The summed E-state index contributed by atoms with van der Waals surface area (Å²) in [5, 5.41) is 0. The molecule has 0 aromatic heterocycles. The molecule has 0 saturated carbocycles. The summed E-state index contributed by atoms with van der Waals surface area (Å²) in [5.74, 6) is 0.857. The highest BCUT2D eigenvalue weighted by Gasteiger charge is 2.18. The Morgan fingerprint density at radius 1 is 0.897 bits per heavy atom. The fourth-order valence-corrected chi connectivity index (χ4v) is 3.45. The third-order valence-corrected chi connectivity index (χ3v) is 5.13. The maximum absolute atomic E-state index is 12.4. The normalized spacial score (nSPS) is 11.4. The van der Waals surface area contributed by atoms with Crippen molar-refractivity contribution in [3.8, 4) is 5.75 Å². The fraction of sp³-hybridized carbons (Fsp3) is 0.192. The van der Waals surface area contributed by atoms with Gasteiger partial charge in [-0.25, -0.2) is 0 Å². The number of amides is 1. The molecule has 0 spiro atoms. The quantitative estimate of drug-likeness (QED) is 0.519. The van der Waals surface area contributed by atoms with E-state index in [1.807, 2.05) is 65.6 Å². The van der Waals surface area contributed by atoms with Crippen molar-refractivity contribution in [3.63, 3.8) is 0 Å². The first kappa shape index (κ1) is 20.4. The van der Waals surface area contributed by atoms with Gasteiger partial charge in [-0.05, 0) is 41.3 Å². The smallest absolute Gasteiger partial charge is 0.220 e. The number of benzene rings is 3. The summed E-state index contributed by atoms with van der Waals surface area (Å²) in [6, 6.07) is 28.4. The minimum Gasteiger partial charge on any atom is -0.497 e. The van der Waals surface area contributed by atoms with Crippen LogP contribution in [0.15, 0.2) is 91.0 Å². The Labute approximate surface area is 173 Å². The highest BCUT2D eigenvalue weighted by atomic mass is 16.5. The van der Waals surface area contributed by atoms with Crippen molar-refractivity contribution < 1.29 is 9.53 Å². The summed E-state index contributed by atoms with van der Waals surface area (Å²) in [5.41, 5.74) is 4.48. The third kappa shape index (κ3) is 5.14. The topological polar surface area (TPSA) is 29.5 Å². The SMILES string of the molecule is COc1ccc([C@@H](C)N(CC=C(c2ccccc2)c2ccccc2)C(C)=O)cc1. The summed E-state index contributed by atoms with van der Waals surface area (Å²) in [6.45, 7) is 4.21. The lowest BCUT2D eigenvalue weighted by molar-refractivity contribution is -0.130. The lowest BCUT2D eigenvalue weighted by Crippen LogP contribution is -2.32. The third-order valence-electron chi connectivity index (χ3n) is 5.13. The zero-order valence-electron chi connectivity index (χ0n) is 17.2. The molecule has 0 radical (unpaired) electrons. The van der Waals surface area contributed by atoms with Gasteiger partial charge in [0.05, 0.1) is 13.2 Å². The molecule has 29 heavy (non-hydrogen) atoms. The molecule has 3 heteroatoms. The van der Waals surface area contributed by atoms with Crippen LogP contribution in [0.5, 0.6) is 5.75 Å². The van der Waals surface area contributed by atoms with E-state index < -0.39 is 0 Å². The van der Waals surface area contributed by atoms with E-state index in [-0.39, 0.29) is 11.9 Å². The summed E-state index contributed by atoms with van der Waals surface area (Å²) < 4.78 is 5.24. The van der Waals surface area contributed by atoms with Gasteiger partial charge in [0.1, 0.15) is 5.75 Å². The molecular weight excluding hydrogens is 358 g/mol. The molecular formula is C26H27NO2. The first-order chi connectivity index (χ1) is 14.1. The fourth-order valence-electron chi connectivity index (χ4n) is 3.45. The van der Waals surface area contributed by atoms with E-state index in [2.05, 4.69) is 37.3 Å². The van der Waals surface area contributed by atoms with E-state index in [1.54, 1.807) is 14.0 Å². The van der Waals surface area contributed by atoms with Crippen LogP contribution in [0.25, 0.3) is 5.57 Å². The molecule has 0 fully saturated rings. The minimum atomic E-state index is -0.0394. The van der Waals surface area contributed by atoms with Crippen molar-refractivity contribution in [2.75, 3.05) is 13.7 Å². The Hall–Kier alpha value is -3.33. The van der Waals surface area contributed by atoms with Gasteiger partial charge in [-0.2, -0.15) is 0 Å². The van der Waals surface area contributed by atoms with Gasteiger partial charge < -0.3 is 9.64 Å². The van der Waals surface area contributed by atoms with Crippen LogP contribution in [0.4, 0.5) is 0 Å². The number of rotatable bonds is 7. The molecule has 1 amide bonds. The van der Waals surface area contributed by atoms with Crippen LogP contribution in [0.2, 0.25) is 0 Å². The lowest BCUT2D eigenvalue weighted by atomic mass is 9.97. The van der Waals surface area contributed by atoms with Crippen LogP contribution >= 0.6 is 0 Å². The highest BCUT2D eigenvalue weighted by molar-refractivity contribution is 5.80. The zero-order chi connectivity index (χ0) is 20.6. The molecule has 3 aromatic carbocycles. The number of carbonyl (C=O) groups is 1. The second kappa shape index (κ2) is 9.74. The molecule has 0 saturated heterocycles. The first-order valence-electron chi connectivity index (χ1n) is 9.82. The molecule has 0 heterocycles. The number of methoxy groups -OCH3 is 1. The van der Waals surface area contributed by atoms with Crippen molar-refractivity contribution in [3.05, 3.63) is 108 Å². The van der Waals surface area contributed by atoms with Gasteiger partial charge in [-0.15, -0.1) is 0 Å². The van der Waals surface area contributed by atoms with Gasteiger partial charge in [-0.1, -0.05) is 78.9 Å². The number of nitrogens with zero attached hydrogens (tertiary/aromatic N) is 1. The van der Waals surface area contributed by atoms with Crippen LogP contribution in [-0.4, -0.2) is 24.5 Å². The number of ether oxygens (including phenoxy) is 1. The summed E-state index contributed by atoms with van der Waals surface area (Å²) in [7, 11) is 1.65. The van der Waals surface area contributed by atoms with E-state index in [1.165, 1.54) is 0 Å². The van der Waals surface area contributed by atoms with Crippen LogP contribution in [0.1, 0.15) is 36.6 Å². The molecule has 0 aliphatic rings.